The fourth-order valence-corrected chi connectivity index (χ4v) is 2.43. The number of nitrogens with two attached hydrogens (primary N) is 1. The average molecular weight is 302 g/mol. The molecule has 0 spiro atoms. The molecule has 0 aliphatic heterocycles. The summed E-state index contributed by atoms with van der Waals surface area (Å²) < 4.78 is 11.5. The van der Waals surface area contributed by atoms with E-state index in [0.717, 1.165) is 28.0 Å². The summed E-state index contributed by atoms with van der Waals surface area (Å²) in [5.41, 5.74) is 7.25. The Labute approximate surface area is 111 Å². The molecule has 3 nitrogen and oxygen atoms in total. The Morgan fingerprint density at radius 3 is 2.41 bits per heavy atom. The van der Waals surface area contributed by atoms with E-state index >= 15 is 0 Å². The number of methoxy groups -OCH3 is 2. The minimum atomic E-state index is -0.0304. The van der Waals surface area contributed by atoms with E-state index in [4.69, 9.17) is 15.2 Å². The van der Waals surface area contributed by atoms with Crippen molar-refractivity contribution in [1.29, 1.82) is 0 Å². The lowest BCUT2D eigenvalue weighted by molar-refractivity contribution is 0.373. The maximum Gasteiger partial charge on any atom is 0.141 e. The molecule has 1 aromatic carbocycles. The van der Waals surface area contributed by atoms with Crippen LogP contribution in [0.2, 0.25) is 0 Å². The highest BCUT2D eigenvalue weighted by Gasteiger charge is 2.21. The minimum absolute atomic E-state index is 0.0304. The molecule has 4 heteroatoms. The van der Waals surface area contributed by atoms with Crippen LogP contribution in [0.25, 0.3) is 0 Å². The van der Waals surface area contributed by atoms with Crippen molar-refractivity contribution in [2.45, 2.75) is 26.3 Å². The van der Waals surface area contributed by atoms with Crippen LogP contribution in [0.5, 0.6) is 11.5 Å². The lowest BCUT2D eigenvalue weighted by atomic mass is 9.92. The Hall–Kier alpha value is -0.740. The van der Waals surface area contributed by atoms with Gasteiger partial charge in [-0.05, 0) is 34.0 Å². The molecule has 0 aromatic heterocycles. The van der Waals surface area contributed by atoms with Crippen molar-refractivity contribution >= 4 is 15.9 Å². The second-order valence-corrected chi connectivity index (χ2v) is 4.91. The number of halogens is 1. The zero-order valence-corrected chi connectivity index (χ0v) is 12.4. The molecule has 1 rings (SSSR count). The number of hydrogen-bond donors (Lipinski definition) is 1. The van der Waals surface area contributed by atoms with Gasteiger partial charge in [0.2, 0.25) is 0 Å². The van der Waals surface area contributed by atoms with Crippen LogP contribution in [0.1, 0.15) is 31.9 Å². The second kappa shape index (κ2) is 6.26. The smallest absolute Gasteiger partial charge is 0.141 e. The van der Waals surface area contributed by atoms with Gasteiger partial charge in [0.15, 0.2) is 0 Å². The van der Waals surface area contributed by atoms with Gasteiger partial charge < -0.3 is 15.2 Å². The van der Waals surface area contributed by atoms with Crippen molar-refractivity contribution < 1.29 is 9.47 Å². The van der Waals surface area contributed by atoms with E-state index in [1.165, 1.54) is 0 Å². The largest absolute Gasteiger partial charge is 0.495 e. The summed E-state index contributed by atoms with van der Waals surface area (Å²) in [7, 11) is 3.28. The third-order valence-corrected chi connectivity index (χ3v) is 3.88. The Bertz CT molecular complexity index is 382. The average Bonchev–Trinajstić information content (AvgIpc) is 2.36. The van der Waals surface area contributed by atoms with E-state index in [-0.39, 0.29) is 6.04 Å². The van der Waals surface area contributed by atoms with E-state index in [1.807, 2.05) is 12.1 Å². The highest BCUT2D eigenvalue weighted by atomic mass is 79.9. The van der Waals surface area contributed by atoms with Crippen LogP contribution in [0.15, 0.2) is 16.6 Å². The third-order valence-electron chi connectivity index (χ3n) is 3.13. The molecule has 0 heterocycles. The standard InChI is InChI=1S/C13H20BrNO2/c1-5-8(2)12(15)9-6-7-10(16-3)11(14)13(9)17-4/h6-8,12H,5,15H2,1-4H3. The topological polar surface area (TPSA) is 44.5 Å². The molecule has 0 aliphatic rings. The lowest BCUT2D eigenvalue weighted by Gasteiger charge is -2.22. The first kappa shape index (κ1) is 14.3. The van der Waals surface area contributed by atoms with Crippen molar-refractivity contribution in [2.75, 3.05) is 14.2 Å². The first-order valence-corrected chi connectivity index (χ1v) is 6.52. The Balaban J connectivity index is 3.20. The molecule has 0 bridgehead atoms. The third kappa shape index (κ3) is 2.93. The summed E-state index contributed by atoms with van der Waals surface area (Å²) in [6, 6.07) is 3.85. The first-order chi connectivity index (χ1) is 8.06. The lowest BCUT2D eigenvalue weighted by Crippen LogP contribution is -2.19. The van der Waals surface area contributed by atoms with Gasteiger partial charge in [-0.3, -0.25) is 0 Å². The van der Waals surface area contributed by atoms with Crippen LogP contribution >= 0.6 is 15.9 Å². The van der Waals surface area contributed by atoms with Crippen LogP contribution < -0.4 is 15.2 Å². The number of ether oxygens (including phenoxy) is 2. The van der Waals surface area contributed by atoms with Crippen molar-refractivity contribution in [2.24, 2.45) is 11.7 Å². The number of benzene rings is 1. The van der Waals surface area contributed by atoms with Crippen LogP contribution in [-0.4, -0.2) is 14.2 Å². The quantitative estimate of drug-likeness (QED) is 0.905. The molecular weight excluding hydrogens is 282 g/mol. The zero-order valence-electron chi connectivity index (χ0n) is 10.8. The van der Waals surface area contributed by atoms with Gasteiger partial charge in [0.05, 0.1) is 14.2 Å². The molecule has 0 saturated heterocycles. The molecule has 0 saturated carbocycles. The summed E-state index contributed by atoms with van der Waals surface area (Å²) >= 11 is 3.49. The van der Waals surface area contributed by atoms with Crippen molar-refractivity contribution in [3.05, 3.63) is 22.2 Å². The zero-order chi connectivity index (χ0) is 13.0. The number of rotatable bonds is 5. The molecule has 0 amide bonds. The van der Waals surface area contributed by atoms with Crippen molar-refractivity contribution in [3.8, 4) is 11.5 Å². The van der Waals surface area contributed by atoms with Gasteiger partial charge in [-0.25, -0.2) is 0 Å². The molecule has 2 atom stereocenters. The molecular formula is C13H20BrNO2. The summed E-state index contributed by atoms with van der Waals surface area (Å²) in [5.74, 6) is 1.92. The van der Waals surface area contributed by atoms with E-state index in [9.17, 15) is 0 Å². The molecule has 2 N–H and O–H groups in total. The van der Waals surface area contributed by atoms with Crippen molar-refractivity contribution in [3.63, 3.8) is 0 Å². The molecule has 2 unspecified atom stereocenters. The molecule has 1 aromatic rings. The van der Waals surface area contributed by atoms with Crippen LogP contribution in [-0.2, 0) is 0 Å². The second-order valence-electron chi connectivity index (χ2n) is 4.12. The molecule has 0 aliphatic carbocycles. The summed E-state index contributed by atoms with van der Waals surface area (Å²) in [6.07, 6.45) is 1.04. The van der Waals surface area contributed by atoms with E-state index in [0.29, 0.717) is 5.92 Å². The SMILES string of the molecule is CCC(C)C(N)c1ccc(OC)c(Br)c1OC. The van der Waals surface area contributed by atoms with Crippen LogP contribution in [0, 0.1) is 5.92 Å². The highest BCUT2D eigenvalue weighted by Crippen LogP contribution is 2.40. The number of hydrogen-bond acceptors (Lipinski definition) is 3. The van der Waals surface area contributed by atoms with Gasteiger partial charge in [-0.1, -0.05) is 20.3 Å². The summed E-state index contributed by atoms with van der Waals surface area (Å²) in [6.45, 7) is 4.28. The minimum Gasteiger partial charge on any atom is -0.495 e. The molecule has 0 fully saturated rings. The molecule has 96 valence electrons. The van der Waals surface area contributed by atoms with Crippen molar-refractivity contribution in [1.82, 2.24) is 0 Å². The van der Waals surface area contributed by atoms with Gasteiger partial charge in [-0.2, -0.15) is 0 Å². The predicted molar refractivity (Wildman–Crippen MR) is 73.6 cm³/mol. The van der Waals surface area contributed by atoms with Gasteiger partial charge >= 0.3 is 0 Å². The fourth-order valence-electron chi connectivity index (χ4n) is 1.74. The van der Waals surface area contributed by atoms with E-state index in [1.54, 1.807) is 14.2 Å². The predicted octanol–water partition coefficient (Wildman–Crippen LogP) is 3.51. The molecule has 0 radical (unpaired) electrons. The maximum absolute atomic E-state index is 6.24. The highest BCUT2D eigenvalue weighted by molar-refractivity contribution is 9.10. The van der Waals surface area contributed by atoms with E-state index < -0.39 is 0 Å². The van der Waals surface area contributed by atoms with Crippen LogP contribution in [0.4, 0.5) is 0 Å². The summed E-state index contributed by atoms with van der Waals surface area (Å²) in [5, 5.41) is 0. The van der Waals surface area contributed by atoms with Gasteiger partial charge in [-0.15, -0.1) is 0 Å². The monoisotopic (exact) mass is 301 g/mol. The fraction of sp³-hybridized carbons (Fsp3) is 0.538. The maximum atomic E-state index is 6.24. The van der Waals surface area contributed by atoms with Gasteiger partial charge in [0.25, 0.3) is 0 Å². The van der Waals surface area contributed by atoms with Gasteiger partial charge in [0, 0.05) is 11.6 Å². The van der Waals surface area contributed by atoms with Gasteiger partial charge in [0.1, 0.15) is 16.0 Å². The van der Waals surface area contributed by atoms with E-state index in [2.05, 4.69) is 29.8 Å². The molecule has 17 heavy (non-hydrogen) atoms. The normalized spacial score (nSPS) is 14.2. The Kier molecular flexibility index (Phi) is 5.28. The Morgan fingerprint density at radius 2 is 1.94 bits per heavy atom. The first-order valence-electron chi connectivity index (χ1n) is 5.72. The summed E-state index contributed by atoms with van der Waals surface area (Å²) in [4.78, 5) is 0. The van der Waals surface area contributed by atoms with Crippen LogP contribution in [0.3, 0.4) is 0 Å². The Morgan fingerprint density at radius 1 is 1.29 bits per heavy atom.